The van der Waals surface area contributed by atoms with Crippen molar-refractivity contribution < 1.29 is 5.11 Å². The number of aromatic hydroxyl groups is 1. The van der Waals surface area contributed by atoms with Crippen LogP contribution >= 0.6 is 15.9 Å². The second-order valence-electron chi connectivity index (χ2n) is 3.39. The molecule has 1 nitrogen and oxygen atoms in total. The number of rotatable bonds is 1. The maximum absolute atomic E-state index is 9.30. The van der Waals surface area contributed by atoms with Crippen molar-refractivity contribution in [1.82, 2.24) is 0 Å². The van der Waals surface area contributed by atoms with Crippen LogP contribution in [0.25, 0.3) is 0 Å². The van der Waals surface area contributed by atoms with Crippen molar-refractivity contribution >= 4 is 15.9 Å². The van der Waals surface area contributed by atoms with Gasteiger partial charge in [0.25, 0.3) is 0 Å². The van der Waals surface area contributed by atoms with Gasteiger partial charge in [0.15, 0.2) is 0 Å². The molecule has 2 heteroatoms. The van der Waals surface area contributed by atoms with Gasteiger partial charge in [-0.05, 0) is 46.5 Å². The highest BCUT2D eigenvalue weighted by Gasteiger charge is 2.42. The Balaban J connectivity index is 2.44. The van der Waals surface area contributed by atoms with Crippen LogP contribution in [0, 0.1) is 12.3 Å². The molecule has 0 amide bonds. The number of hydrogen-bond donors (Lipinski definition) is 1. The van der Waals surface area contributed by atoms with E-state index >= 15 is 0 Å². The highest BCUT2D eigenvalue weighted by molar-refractivity contribution is 9.10. The van der Waals surface area contributed by atoms with Gasteiger partial charge < -0.3 is 5.11 Å². The predicted molar refractivity (Wildman–Crippen MR) is 55.6 cm³/mol. The summed E-state index contributed by atoms with van der Waals surface area (Å²) in [4.78, 5) is 0. The molecule has 1 aliphatic rings. The Labute approximate surface area is 85.9 Å². The van der Waals surface area contributed by atoms with Crippen molar-refractivity contribution in [3.05, 3.63) is 28.2 Å². The Bertz CT molecular complexity index is 386. The number of terminal acetylenes is 1. The van der Waals surface area contributed by atoms with Crippen molar-refractivity contribution in [2.75, 3.05) is 0 Å². The van der Waals surface area contributed by atoms with Crippen molar-refractivity contribution in [2.24, 2.45) is 0 Å². The number of phenolic OH excluding ortho intramolecular Hbond substituents is 1. The number of phenols is 1. The molecular formula is C11H9BrO. The van der Waals surface area contributed by atoms with Gasteiger partial charge in [0.05, 0.1) is 9.89 Å². The lowest BCUT2D eigenvalue weighted by Crippen LogP contribution is -2.01. The first-order valence-electron chi connectivity index (χ1n) is 4.15. The molecule has 0 radical (unpaired) electrons. The summed E-state index contributed by atoms with van der Waals surface area (Å²) in [5, 5.41) is 9.30. The third-order valence-electron chi connectivity index (χ3n) is 2.53. The fourth-order valence-corrected chi connectivity index (χ4v) is 1.82. The molecular weight excluding hydrogens is 228 g/mol. The van der Waals surface area contributed by atoms with Gasteiger partial charge in [-0.2, -0.15) is 0 Å². The quantitative estimate of drug-likeness (QED) is 0.744. The van der Waals surface area contributed by atoms with E-state index in [0.717, 1.165) is 18.4 Å². The Morgan fingerprint density at radius 1 is 1.46 bits per heavy atom. The van der Waals surface area contributed by atoms with Crippen molar-refractivity contribution in [2.45, 2.75) is 18.3 Å². The van der Waals surface area contributed by atoms with Gasteiger partial charge in [-0.1, -0.05) is 12.0 Å². The molecule has 2 rings (SSSR count). The van der Waals surface area contributed by atoms with E-state index in [-0.39, 0.29) is 11.2 Å². The minimum absolute atomic E-state index is 0.0454. The highest BCUT2D eigenvalue weighted by Crippen LogP contribution is 2.48. The minimum Gasteiger partial charge on any atom is -0.507 e. The summed E-state index contributed by atoms with van der Waals surface area (Å²) in [6.45, 7) is 0. The molecule has 0 spiro atoms. The second kappa shape index (κ2) is 2.78. The first kappa shape index (κ1) is 8.65. The van der Waals surface area contributed by atoms with E-state index in [1.165, 1.54) is 0 Å². The summed E-state index contributed by atoms with van der Waals surface area (Å²) in [5.74, 6) is 3.07. The molecule has 1 fully saturated rings. The topological polar surface area (TPSA) is 20.2 Å². The van der Waals surface area contributed by atoms with E-state index in [2.05, 4.69) is 21.9 Å². The minimum atomic E-state index is -0.0454. The average molecular weight is 237 g/mol. The van der Waals surface area contributed by atoms with E-state index in [1.807, 2.05) is 12.1 Å². The van der Waals surface area contributed by atoms with Crippen LogP contribution in [0.2, 0.25) is 0 Å². The van der Waals surface area contributed by atoms with E-state index in [4.69, 9.17) is 6.42 Å². The fraction of sp³-hybridized carbons (Fsp3) is 0.273. The highest BCUT2D eigenvalue weighted by atomic mass is 79.9. The normalized spacial score (nSPS) is 17.8. The average Bonchev–Trinajstić information content (AvgIpc) is 2.90. The third kappa shape index (κ3) is 1.34. The smallest absolute Gasteiger partial charge is 0.129 e. The molecule has 1 aliphatic carbocycles. The molecule has 0 aliphatic heterocycles. The zero-order valence-electron chi connectivity index (χ0n) is 7.05. The van der Waals surface area contributed by atoms with Crippen LogP contribution in [-0.4, -0.2) is 5.11 Å². The molecule has 0 saturated heterocycles. The zero-order valence-corrected chi connectivity index (χ0v) is 8.63. The van der Waals surface area contributed by atoms with Gasteiger partial charge in [0, 0.05) is 0 Å². The lowest BCUT2D eigenvalue weighted by Gasteiger charge is -2.08. The zero-order chi connectivity index (χ0) is 9.47. The molecule has 0 atom stereocenters. The molecule has 13 heavy (non-hydrogen) atoms. The van der Waals surface area contributed by atoms with E-state index in [1.54, 1.807) is 6.07 Å². The van der Waals surface area contributed by atoms with Crippen molar-refractivity contribution in [3.63, 3.8) is 0 Å². The molecule has 1 aromatic rings. The van der Waals surface area contributed by atoms with Gasteiger partial charge in [0.1, 0.15) is 5.75 Å². The van der Waals surface area contributed by atoms with Gasteiger partial charge >= 0.3 is 0 Å². The summed E-state index contributed by atoms with van der Waals surface area (Å²) >= 11 is 3.28. The van der Waals surface area contributed by atoms with Crippen molar-refractivity contribution in [3.8, 4) is 18.1 Å². The molecule has 66 valence electrons. The van der Waals surface area contributed by atoms with Crippen LogP contribution in [-0.2, 0) is 5.41 Å². The van der Waals surface area contributed by atoms with Crippen molar-refractivity contribution in [1.29, 1.82) is 0 Å². The summed E-state index contributed by atoms with van der Waals surface area (Å²) in [6.07, 6.45) is 7.57. The molecule has 0 bridgehead atoms. The van der Waals surface area contributed by atoms with Crippen LogP contribution in [0.4, 0.5) is 0 Å². The Kier molecular flexibility index (Phi) is 1.85. The van der Waals surface area contributed by atoms with Crippen LogP contribution in [0.5, 0.6) is 5.75 Å². The maximum Gasteiger partial charge on any atom is 0.129 e. The van der Waals surface area contributed by atoms with Crippen LogP contribution in [0.1, 0.15) is 18.4 Å². The van der Waals surface area contributed by atoms with Crippen LogP contribution in [0.3, 0.4) is 0 Å². The molecule has 0 heterocycles. The van der Waals surface area contributed by atoms with Crippen LogP contribution < -0.4 is 0 Å². The first-order valence-corrected chi connectivity index (χ1v) is 4.94. The monoisotopic (exact) mass is 236 g/mol. The Morgan fingerprint density at radius 2 is 2.15 bits per heavy atom. The van der Waals surface area contributed by atoms with Gasteiger partial charge in [-0.3, -0.25) is 0 Å². The largest absolute Gasteiger partial charge is 0.507 e. The third-order valence-corrected chi connectivity index (χ3v) is 3.16. The van der Waals surface area contributed by atoms with Crippen LogP contribution in [0.15, 0.2) is 22.7 Å². The SMILES string of the molecule is C#CC1(c2ccc(O)c(Br)c2)CC1. The Hall–Kier alpha value is -0.940. The molecule has 1 aromatic carbocycles. The number of hydrogen-bond acceptors (Lipinski definition) is 1. The summed E-state index contributed by atoms with van der Waals surface area (Å²) in [7, 11) is 0. The lowest BCUT2D eigenvalue weighted by atomic mass is 9.97. The standard InChI is InChI=1S/C11H9BrO/c1-2-11(5-6-11)8-3-4-10(13)9(12)7-8/h1,3-4,7,13H,5-6H2. The number of benzene rings is 1. The molecule has 0 aromatic heterocycles. The Morgan fingerprint density at radius 3 is 2.62 bits per heavy atom. The van der Waals surface area contributed by atoms with Gasteiger partial charge in [0.2, 0.25) is 0 Å². The summed E-state index contributed by atoms with van der Waals surface area (Å²) < 4.78 is 0.714. The second-order valence-corrected chi connectivity index (χ2v) is 4.25. The number of halogens is 1. The summed E-state index contributed by atoms with van der Waals surface area (Å²) in [6, 6.07) is 5.48. The molecule has 1 saturated carbocycles. The molecule has 0 unspecified atom stereocenters. The first-order chi connectivity index (χ1) is 6.18. The van der Waals surface area contributed by atoms with Gasteiger partial charge in [-0.15, -0.1) is 6.42 Å². The maximum atomic E-state index is 9.30. The molecule has 1 N–H and O–H groups in total. The fourth-order valence-electron chi connectivity index (χ4n) is 1.45. The van der Waals surface area contributed by atoms with E-state index in [9.17, 15) is 5.11 Å². The lowest BCUT2D eigenvalue weighted by molar-refractivity contribution is 0.471. The summed E-state index contributed by atoms with van der Waals surface area (Å²) in [5.41, 5.74) is 1.08. The van der Waals surface area contributed by atoms with E-state index in [0.29, 0.717) is 4.47 Å². The predicted octanol–water partition coefficient (Wildman–Crippen LogP) is 2.82. The van der Waals surface area contributed by atoms with E-state index < -0.39 is 0 Å². The van der Waals surface area contributed by atoms with Gasteiger partial charge in [-0.25, -0.2) is 0 Å².